The molecule has 2 aromatic carbocycles. The largest absolute Gasteiger partial charge is 0.465 e. The molecule has 0 saturated carbocycles. The molecule has 3 aliphatic rings. The zero-order valence-electron chi connectivity index (χ0n) is 20.1. The summed E-state index contributed by atoms with van der Waals surface area (Å²) in [5, 5.41) is 21.0. The molecule has 12 nitrogen and oxygen atoms in total. The van der Waals surface area contributed by atoms with E-state index in [0.717, 1.165) is 11.3 Å². The highest BCUT2D eigenvalue weighted by Crippen LogP contribution is 2.35. The fraction of sp³-hybridized carbons (Fsp3) is 0.400. The molecule has 2 aromatic rings. The first kappa shape index (κ1) is 24.3. The van der Waals surface area contributed by atoms with Crippen LogP contribution in [0.4, 0.5) is 26.7 Å². The number of hydrogen-bond donors (Lipinski definition) is 1. The van der Waals surface area contributed by atoms with E-state index in [0.29, 0.717) is 31.6 Å². The Morgan fingerprint density at radius 2 is 1.62 bits per heavy atom. The van der Waals surface area contributed by atoms with Gasteiger partial charge in [-0.25, -0.2) is 9.59 Å². The molecule has 3 amide bonds. The highest BCUT2D eigenvalue weighted by molar-refractivity contribution is 5.96. The van der Waals surface area contributed by atoms with Crippen molar-refractivity contribution < 1.29 is 29.2 Å². The van der Waals surface area contributed by atoms with E-state index in [1.165, 1.54) is 15.9 Å². The van der Waals surface area contributed by atoms with Gasteiger partial charge in [0.15, 0.2) is 0 Å². The van der Waals surface area contributed by atoms with E-state index in [1.54, 1.807) is 17.0 Å². The summed E-state index contributed by atoms with van der Waals surface area (Å²) < 4.78 is 5.35. The summed E-state index contributed by atoms with van der Waals surface area (Å²) in [5.74, 6) is -0.360. The number of cyclic esters (lactones) is 1. The first-order chi connectivity index (χ1) is 17.8. The molecule has 2 saturated heterocycles. The van der Waals surface area contributed by atoms with Crippen LogP contribution in [0.15, 0.2) is 42.5 Å². The van der Waals surface area contributed by atoms with Crippen LogP contribution < -0.4 is 9.80 Å². The lowest BCUT2D eigenvalue weighted by Gasteiger charge is -2.40. The average Bonchev–Trinajstić information content (AvgIpc) is 2.92. The molecule has 37 heavy (non-hydrogen) atoms. The fourth-order valence-electron chi connectivity index (χ4n) is 5.24. The molecule has 194 valence electrons. The highest BCUT2D eigenvalue weighted by atomic mass is 16.6. The van der Waals surface area contributed by atoms with Gasteiger partial charge in [0.25, 0.3) is 11.6 Å². The number of nitro groups is 1. The van der Waals surface area contributed by atoms with Gasteiger partial charge in [-0.3, -0.25) is 19.8 Å². The highest BCUT2D eigenvalue weighted by Gasteiger charge is 2.35. The minimum absolute atomic E-state index is 0.0884. The molecule has 1 N–H and O–H groups in total. The number of para-hydroxylation sites is 1. The van der Waals surface area contributed by atoms with Gasteiger partial charge in [0.05, 0.1) is 10.6 Å². The van der Waals surface area contributed by atoms with Crippen molar-refractivity contribution in [2.24, 2.45) is 0 Å². The molecule has 2 fully saturated rings. The van der Waals surface area contributed by atoms with E-state index in [1.807, 2.05) is 29.2 Å². The summed E-state index contributed by atoms with van der Waals surface area (Å²) in [6.07, 6.45) is -0.197. The maximum absolute atomic E-state index is 13.0. The number of carboxylic acid groups (broad SMARTS) is 1. The van der Waals surface area contributed by atoms with E-state index in [2.05, 4.69) is 0 Å². The minimum atomic E-state index is -1.03. The van der Waals surface area contributed by atoms with Crippen LogP contribution in [0.3, 0.4) is 0 Å². The number of piperidine rings is 1. The Morgan fingerprint density at radius 3 is 2.30 bits per heavy atom. The zero-order valence-corrected chi connectivity index (χ0v) is 20.1. The van der Waals surface area contributed by atoms with Crippen molar-refractivity contribution in [3.63, 3.8) is 0 Å². The normalized spacial score (nSPS) is 18.3. The van der Waals surface area contributed by atoms with Crippen LogP contribution in [0.25, 0.3) is 0 Å². The van der Waals surface area contributed by atoms with E-state index in [-0.39, 0.29) is 62.1 Å². The minimum Gasteiger partial charge on any atom is -0.465 e. The van der Waals surface area contributed by atoms with Crippen LogP contribution in [0.5, 0.6) is 0 Å². The Bertz CT molecular complexity index is 1240. The van der Waals surface area contributed by atoms with Gasteiger partial charge in [0, 0.05) is 62.5 Å². The Kier molecular flexibility index (Phi) is 6.55. The lowest BCUT2D eigenvalue weighted by Crippen LogP contribution is -2.50. The van der Waals surface area contributed by atoms with Crippen molar-refractivity contribution >= 4 is 35.2 Å². The number of carbonyl (C=O) groups is 3. The number of fused-ring (bicyclic) bond motifs is 1. The molecular formula is C25H27N5O7. The number of benzene rings is 2. The molecule has 0 spiro atoms. The number of carbonyl (C=O) groups excluding carboxylic acids is 2. The van der Waals surface area contributed by atoms with Crippen molar-refractivity contribution in [1.82, 2.24) is 9.80 Å². The topological polar surface area (TPSA) is 137 Å². The van der Waals surface area contributed by atoms with Crippen LogP contribution >= 0.6 is 0 Å². The predicted octanol–water partition coefficient (Wildman–Crippen LogP) is 3.16. The first-order valence-electron chi connectivity index (χ1n) is 12.2. The summed E-state index contributed by atoms with van der Waals surface area (Å²) in [5.41, 5.74) is 2.26. The summed E-state index contributed by atoms with van der Waals surface area (Å²) in [4.78, 5) is 54.4. The molecule has 0 bridgehead atoms. The van der Waals surface area contributed by atoms with Gasteiger partial charge in [-0.15, -0.1) is 0 Å². The van der Waals surface area contributed by atoms with Gasteiger partial charge in [-0.2, -0.15) is 0 Å². The average molecular weight is 510 g/mol. The second-order valence-corrected chi connectivity index (χ2v) is 9.29. The number of anilines is 2. The number of hydrogen-bond acceptors (Lipinski definition) is 7. The van der Waals surface area contributed by atoms with E-state index < -0.39 is 11.0 Å². The third-order valence-electron chi connectivity index (χ3n) is 7.23. The van der Waals surface area contributed by atoms with Crippen LogP contribution in [-0.4, -0.2) is 83.2 Å². The van der Waals surface area contributed by atoms with Gasteiger partial charge in [-0.1, -0.05) is 18.2 Å². The second-order valence-electron chi connectivity index (χ2n) is 9.29. The standard InChI is InChI=1S/C25H27N5O7/c31-23(27-11-13-28(14-12-27)24(32)33)17-5-6-21(22(15-17)30(35)36)26-9-7-19(8-10-26)29-20-4-2-1-3-18(20)16-37-25(29)34/h1-6,15,19H,7-14,16H2,(H,32,33). The Balaban J connectivity index is 1.29. The SMILES string of the molecule is O=C(O)N1CCN(C(=O)c2ccc(N3CCC(N4C(=O)OCc5ccccc54)CC3)c([N+](=O)[O-])c2)CC1. The Labute approximate surface area is 212 Å². The molecule has 5 rings (SSSR count). The first-order valence-corrected chi connectivity index (χ1v) is 12.2. The second kappa shape index (κ2) is 9.96. The van der Waals surface area contributed by atoms with Crippen molar-refractivity contribution in [1.29, 1.82) is 0 Å². The van der Waals surface area contributed by atoms with Crippen LogP contribution in [0.1, 0.15) is 28.8 Å². The number of nitro benzene ring substituents is 1. The molecule has 0 atom stereocenters. The van der Waals surface area contributed by atoms with E-state index in [9.17, 15) is 24.5 Å². The molecule has 12 heteroatoms. The lowest BCUT2D eigenvalue weighted by atomic mass is 9.99. The van der Waals surface area contributed by atoms with E-state index in [4.69, 9.17) is 9.84 Å². The summed E-state index contributed by atoms with van der Waals surface area (Å²) >= 11 is 0. The Morgan fingerprint density at radius 1 is 0.946 bits per heavy atom. The molecule has 3 aliphatic heterocycles. The van der Waals surface area contributed by atoms with Gasteiger partial charge >= 0.3 is 12.2 Å². The maximum atomic E-state index is 13.0. The third kappa shape index (κ3) is 4.74. The van der Waals surface area contributed by atoms with Gasteiger partial charge < -0.3 is 24.5 Å². The zero-order chi connectivity index (χ0) is 26.1. The fourth-order valence-corrected chi connectivity index (χ4v) is 5.24. The molecule has 3 heterocycles. The quantitative estimate of drug-likeness (QED) is 0.490. The van der Waals surface area contributed by atoms with Gasteiger partial charge in [0.2, 0.25) is 0 Å². The molecule has 0 aromatic heterocycles. The van der Waals surface area contributed by atoms with Gasteiger partial charge in [0.1, 0.15) is 12.3 Å². The number of ether oxygens (including phenoxy) is 1. The van der Waals surface area contributed by atoms with Crippen molar-refractivity contribution in [3.8, 4) is 0 Å². The molecular weight excluding hydrogens is 482 g/mol. The van der Waals surface area contributed by atoms with E-state index >= 15 is 0 Å². The van der Waals surface area contributed by atoms with Crippen LogP contribution in [-0.2, 0) is 11.3 Å². The predicted molar refractivity (Wildman–Crippen MR) is 133 cm³/mol. The van der Waals surface area contributed by atoms with Crippen LogP contribution in [0, 0.1) is 10.1 Å². The van der Waals surface area contributed by atoms with Crippen LogP contribution in [0.2, 0.25) is 0 Å². The summed E-state index contributed by atoms with van der Waals surface area (Å²) in [6, 6.07) is 12.0. The third-order valence-corrected chi connectivity index (χ3v) is 7.23. The van der Waals surface area contributed by atoms with Crippen molar-refractivity contribution in [2.45, 2.75) is 25.5 Å². The number of amides is 3. The van der Waals surface area contributed by atoms with Gasteiger partial charge in [-0.05, 0) is 31.0 Å². The number of nitrogens with zero attached hydrogens (tertiary/aromatic N) is 5. The summed E-state index contributed by atoms with van der Waals surface area (Å²) in [7, 11) is 0. The van der Waals surface area contributed by atoms with Crippen molar-refractivity contribution in [2.75, 3.05) is 49.1 Å². The smallest absolute Gasteiger partial charge is 0.414 e. The maximum Gasteiger partial charge on any atom is 0.414 e. The van der Waals surface area contributed by atoms with Crippen molar-refractivity contribution in [3.05, 3.63) is 63.7 Å². The lowest BCUT2D eigenvalue weighted by molar-refractivity contribution is -0.384. The number of piperazine rings is 1. The molecule has 0 unspecified atom stereocenters. The molecule has 0 aliphatic carbocycles. The Hall–Kier alpha value is -4.35. The number of rotatable bonds is 4. The molecule has 0 radical (unpaired) electrons. The summed E-state index contributed by atoms with van der Waals surface area (Å²) in [6.45, 7) is 2.11. The monoisotopic (exact) mass is 509 g/mol.